The second-order valence-electron chi connectivity index (χ2n) is 9.52. The van der Waals surface area contributed by atoms with Crippen molar-refractivity contribution in [3.8, 4) is 0 Å². The van der Waals surface area contributed by atoms with E-state index in [4.69, 9.17) is 9.02 Å². The molecule has 7 heteroatoms. The summed E-state index contributed by atoms with van der Waals surface area (Å²) in [6.45, 7) is 8.18. The number of aryl methyl sites for hydroxylation is 1. The molecule has 2 aromatic carbocycles. The fourth-order valence-electron chi connectivity index (χ4n) is 4.65. The molecule has 0 bridgehead atoms. The van der Waals surface area contributed by atoms with Crippen LogP contribution in [0.4, 0.5) is 0 Å². The summed E-state index contributed by atoms with van der Waals surface area (Å²) < 4.78 is 32.0. The number of para-hydroxylation sites is 1. The van der Waals surface area contributed by atoms with Crippen molar-refractivity contribution in [3.63, 3.8) is 0 Å². The average molecular weight is 481 g/mol. The lowest BCUT2D eigenvalue weighted by Crippen LogP contribution is -2.47. The molecule has 3 aromatic rings. The molecule has 0 amide bonds. The molecule has 1 heterocycles. The van der Waals surface area contributed by atoms with E-state index in [9.17, 15) is 8.42 Å². The number of benzene rings is 2. The number of rotatable bonds is 7. The molecule has 1 aliphatic rings. The molecular weight excluding hydrogens is 448 g/mol. The van der Waals surface area contributed by atoms with Crippen molar-refractivity contribution in [1.29, 1.82) is 0 Å². The molecule has 0 N–H and O–H groups in total. The fourth-order valence-corrected chi connectivity index (χ4v) is 5.82. The van der Waals surface area contributed by atoms with Crippen molar-refractivity contribution in [1.82, 2.24) is 4.98 Å². The molecule has 0 aliphatic heterocycles. The van der Waals surface area contributed by atoms with Crippen LogP contribution in [0.3, 0.4) is 0 Å². The molecular formula is C27H32N2O4S. The van der Waals surface area contributed by atoms with Crippen LogP contribution in [0.1, 0.15) is 44.7 Å². The lowest BCUT2D eigenvalue weighted by molar-refractivity contribution is -0.106. The summed E-state index contributed by atoms with van der Waals surface area (Å²) in [5.74, 6) is 0.423. The molecule has 1 fully saturated rings. The van der Waals surface area contributed by atoms with Gasteiger partial charge in [-0.15, -0.1) is 0 Å². The summed E-state index contributed by atoms with van der Waals surface area (Å²) in [4.78, 5) is 10.7. The third kappa shape index (κ3) is 5.31. The number of fused-ring (bicyclic) bond motifs is 1. The first-order valence-electron chi connectivity index (χ1n) is 11.8. The van der Waals surface area contributed by atoms with Gasteiger partial charge in [0.25, 0.3) is 10.1 Å². The van der Waals surface area contributed by atoms with E-state index >= 15 is 0 Å². The Morgan fingerprint density at radius 2 is 1.76 bits per heavy atom. The van der Waals surface area contributed by atoms with Crippen molar-refractivity contribution in [2.45, 2.75) is 57.6 Å². The first-order chi connectivity index (χ1) is 16.3. The normalized spacial score (nSPS) is 23.6. The smallest absolute Gasteiger partial charge is 0.297 e. The highest BCUT2D eigenvalue weighted by atomic mass is 32.2. The topological polar surface area (TPSA) is 77.9 Å². The summed E-state index contributed by atoms with van der Waals surface area (Å²) in [6, 6.07) is 16.5. The van der Waals surface area contributed by atoms with Gasteiger partial charge in [-0.1, -0.05) is 67.9 Å². The highest BCUT2D eigenvalue weighted by Gasteiger charge is 2.44. The lowest BCUT2D eigenvalue weighted by Gasteiger charge is -2.41. The van der Waals surface area contributed by atoms with Gasteiger partial charge in [-0.05, 0) is 49.8 Å². The predicted molar refractivity (Wildman–Crippen MR) is 134 cm³/mol. The third-order valence-electron chi connectivity index (χ3n) is 6.70. The molecule has 0 radical (unpaired) electrons. The van der Waals surface area contributed by atoms with Crippen LogP contribution < -0.4 is 0 Å². The van der Waals surface area contributed by atoms with E-state index in [0.717, 1.165) is 34.9 Å². The van der Waals surface area contributed by atoms with Crippen molar-refractivity contribution in [2.24, 2.45) is 22.9 Å². The van der Waals surface area contributed by atoms with Crippen molar-refractivity contribution < 1.29 is 17.4 Å². The van der Waals surface area contributed by atoms with Gasteiger partial charge in [-0.25, -0.2) is 0 Å². The van der Waals surface area contributed by atoms with E-state index in [0.29, 0.717) is 5.92 Å². The van der Waals surface area contributed by atoms with Crippen molar-refractivity contribution in [3.05, 3.63) is 71.9 Å². The third-order valence-corrected chi connectivity index (χ3v) is 8.03. The molecule has 34 heavy (non-hydrogen) atoms. The predicted octanol–water partition coefficient (Wildman–Crippen LogP) is 5.74. The zero-order valence-corrected chi connectivity index (χ0v) is 20.9. The summed E-state index contributed by atoms with van der Waals surface area (Å²) in [5.41, 5.74) is 2.67. The maximum Gasteiger partial charge on any atom is 0.297 e. The summed E-state index contributed by atoms with van der Waals surface area (Å²) in [7, 11) is -3.94. The molecule has 0 unspecified atom stereocenters. The van der Waals surface area contributed by atoms with Crippen LogP contribution in [-0.2, 0) is 19.1 Å². The van der Waals surface area contributed by atoms with Crippen LogP contribution in [-0.4, -0.2) is 31.8 Å². The molecule has 1 aromatic heterocycles. The highest BCUT2D eigenvalue weighted by molar-refractivity contribution is 7.86. The van der Waals surface area contributed by atoms with Gasteiger partial charge < -0.3 is 4.84 Å². The summed E-state index contributed by atoms with van der Waals surface area (Å²) in [5, 5.41) is 5.32. The first-order valence-corrected chi connectivity index (χ1v) is 13.2. The van der Waals surface area contributed by atoms with Crippen molar-refractivity contribution >= 4 is 27.2 Å². The number of hydrogen-bond donors (Lipinski definition) is 0. The van der Waals surface area contributed by atoms with E-state index in [1.807, 2.05) is 44.2 Å². The molecule has 1 aliphatic carbocycles. The minimum Gasteiger partial charge on any atom is -0.389 e. The van der Waals surface area contributed by atoms with Gasteiger partial charge in [0.2, 0.25) is 0 Å². The molecule has 180 valence electrons. The Bertz CT molecular complexity index is 1250. The van der Waals surface area contributed by atoms with Gasteiger partial charge >= 0.3 is 0 Å². The average Bonchev–Trinajstić information content (AvgIpc) is 2.81. The second kappa shape index (κ2) is 10.2. The Balaban J connectivity index is 1.60. The first kappa shape index (κ1) is 24.4. The van der Waals surface area contributed by atoms with E-state index in [2.05, 4.69) is 24.0 Å². The van der Waals surface area contributed by atoms with Gasteiger partial charge in [-0.3, -0.25) is 9.17 Å². The fraction of sp³-hybridized carbons (Fsp3) is 0.407. The van der Waals surface area contributed by atoms with E-state index in [1.54, 1.807) is 36.7 Å². The number of hydrogen-bond acceptors (Lipinski definition) is 6. The lowest BCUT2D eigenvalue weighted by atomic mass is 9.74. The van der Waals surface area contributed by atoms with Gasteiger partial charge in [0.1, 0.15) is 6.10 Å². The molecule has 1 saturated carbocycles. The Labute approximate surface area is 202 Å². The highest BCUT2D eigenvalue weighted by Crippen LogP contribution is 2.38. The number of aromatic nitrogens is 1. The quantitative estimate of drug-likeness (QED) is 0.245. The second-order valence-corrected chi connectivity index (χ2v) is 11.1. The molecule has 4 rings (SSSR count). The van der Waals surface area contributed by atoms with E-state index in [-0.39, 0.29) is 16.7 Å². The Morgan fingerprint density at radius 1 is 1.03 bits per heavy atom. The van der Waals surface area contributed by atoms with Gasteiger partial charge in [0, 0.05) is 23.1 Å². The van der Waals surface area contributed by atoms with Crippen LogP contribution in [0.5, 0.6) is 0 Å². The molecule has 6 nitrogen and oxygen atoms in total. The Morgan fingerprint density at radius 3 is 2.50 bits per heavy atom. The minimum atomic E-state index is -3.94. The standard InChI is InChI=1S/C27H32N2O4S/c1-18(2)24-15-12-20(4)26(33-34(30,31)23-13-10-19(3)11-14-23)27(24)32-29-17-22-8-5-7-21-9-6-16-28-25(21)22/h5-11,13-14,16-18,20,24,26-27H,12,15H2,1-4H3/b29-17+/t20-,24+,26+,27-/m1/s1. The van der Waals surface area contributed by atoms with E-state index < -0.39 is 22.3 Å². The van der Waals surface area contributed by atoms with Crippen LogP contribution in [0.2, 0.25) is 0 Å². The SMILES string of the molecule is Cc1ccc(S(=O)(=O)O[C@@H]2[C@H](O/N=C/c3cccc4cccnc34)[C@H](C(C)C)CC[C@H]2C)cc1. The van der Waals surface area contributed by atoms with Gasteiger partial charge in [0.15, 0.2) is 6.10 Å². The zero-order chi connectivity index (χ0) is 24.3. The summed E-state index contributed by atoms with van der Waals surface area (Å²) in [6.07, 6.45) is 4.08. The number of oxime groups is 1. The van der Waals surface area contributed by atoms with Crippen LogP contribution in [0.15, 0.2) is 70.8 Å². The molecule has 0 saturated heterocycles. The number of nitrogens with zero attached hydrogens (tertiary/aromatic N) is 2. The van der Waals surface area contributed by atoms with Crippen LogP contribution in [0, 0.1) is 24.7 Å². The zero-order valence-electron chi connectivity index (χ0n) is 20.1. The Kier molecular flexibility index (Phi) is 7.33. The van der Waals surface area contributed by atoms with Crippen LogP contribution >= 0.6 is 0 Å². The molecule has 0 spiro atoms. The van der Waals surface area contributed by atoms with Gasteiger partial charge in [0.05, 0.1) is 16.6 Å². The van der Waals surface area contributed by atoms with E-state index in [1.165, 1.54) is 0 Å². The largest absolute Gasteiger partial charge is 0.389 e. The minimum absolute atomic E-state index is 0.00893. The van der Waals surface area contributed by atoms with Crippen LogP contribution in [0.25, 0.3) is 10.9 Å². The Hall–Kier alpha value is -2.77. The maximum atomic E-state index is 13.1. The molecule has 4 atom stereocenters. The monoisotopic (exact) mass is 480 g/mol. The van der Waals surface area contributed by atoms with Gasteiger partial charge in [-0.2, -0.15) is 8.42 Å². The number of pyridine rings is 1. The summed E-state index contributed by atoms with van der Waals surface area (Å²) >= 11 is 0. The van der Waals surface area contributed by atoms with Crippen molar-refractivity contribution in [2.75, 3.05) is 0 Å². The maximum absolute atomic E-state index is 13.1.